The van der Waals surface area contributed by atoms with Gasteiger partial charge >= 0.3 is 0 Å². The highest BCUT2D eigenvalue weighted by molar-refractivity contribution is 14.0. The molecule has 0 aromatic rings. The Hall–Kier alpha value is -0.120. The summed E-state index contributed by atoms with van der Waals surface area (Å²) in [7, 11) is 3.96. The molecule has 25 heavy (non-hydrogen) atoms. The first-order chi connectivity index (χ1) is 11.8. The van der Waals surface area contributed by atoms with E-state index < -0.39 is 0 Å². The summed E-state index contributed by atoms with van der Waals surface area (Å²) >= 11 is 0. The van der Waals surface area contributed by atoms with Crippen molar-refractivity contribution in [3.05, 3.63) is 0 Å². The first-order valence-corrected chi connectivity index (χ1v) is 9.48. The van der Waals surface area contributed by atoms with E-state index in [0.29, 0.717) is 6.10 Å². The fourth-order valence-corrected chi connectivity index (χ4v) is 3.27. The normalized spacial score (nSPS) is 21.8. The van der Waals surface area contributed by atoms with Crippen LogP contribution in [-0.4, -0.2) is 77.2 Å². The van der Waals surface area contributed by atoms with E-state index in [-0.39, 0.29) is 24.0 Å². The average molecular weight is 469 g/mol. The predicted octanol–water partition coefficient (Wildman–Crippen LogP) is 2.51. The van der Waals surface area contributed by atoms with Crippen molar-refractivity contribution in [3.63, 3.8) is 0 Å². The number of nitrogens with zero attached hydrogens (tertiary/aromatic N) is 2. The highest BCUT2D eigenvalue weighted by Crippen LogP contribution is 2.18. The lowest BCUT2D eigenvalue weighted by atomic mass is 9.96. The quantitative estimate of drug-likeness (QED) is 0.244. The Kier molecular flexibility index (Phi) is 12.8. The average Bonchev–Trinajstić information content (AvgIpc) is 3.13. The van der Waals surface area contributed by atoms with Crippen molar-refractivity contribution >= 4 is 29.9 Å². The topological polar surface area (TPSA) is 55.3 Å². The molecule has 1 unspecified atom stereocenters. The number of ether oxygens (including phenoxy) is 3. The van der Waals surface area contributed by atoms with Gasteiger partial charge in [0, 0.05) is 53.6 Å². The van der Waals surface area contributed by atoms with Gasteiger partial charge in [-0.3, -0.25) is 4.99 Å². The molecule has 2 fully saturated rings. The van der Waals surface area contributed by atoms with E-state index in [9.17, 15) is 0 Å². The van der Waals surface area contributed by atoms with Crippen LogP contribution in [0.3, 0.4) is 0 Å². The van der Waals surface area contributed by atoms with Crippen LogP contribution in [0.25, 0.3) is 0 Å². The number of hydrogen-bond donors (Lipinski definition) is 1. The van der Waals surface area contributed by atoms with Crippen LogP contribution in [0.5, 0.6) is 0 Å². The summed E-state index contributed by atoms with van der Waals surface area (Å²) in [6.07, 6.45) is 7.23. The molecule has 1 N–H and O–H groups in total. The Morgan fingerprint density at radius 1 is 1.24 bits per heavy atom. The molecule has 2 heterocycles. The Morgan fingerprint density at radius 2 is 2.04 bits per heavy atom. The molecule has 0 spiro atoms. The van der Waals surface area contributed by atoms with Gasteiger partial charge in [0.05, 0.1) is 12.7 Å². The van der Waals surface area contributed by atoms with Gasteiger partial charge in [0.25, 0.3) is 0 Å². The van der Waals surface area contributed by atoms with Gasteiger partial charge in [0.15, 0.2) is 5.96 Å². The Morgan fingerprint density at radius 3 is 2.72 bits per heavy atom. The van der Waals surface area contributed by atoms with Gasteiger partial charge in [-0.25, -0.2) is 0 Å². The van der Waals surface area contributed by atoms with E-state index in [0.717, 1.165) is 70.8 Å². The molecule has 1 atom stereocenters. The van der Waals surface area contributed by atoms with Gasteiger partial charge < -0.3 is 24.4 Å². The van der Waals surface area contributed by atoms with Crippen LogP contribution in [0, 0.1) is 5.92 Å². The fraction of sp³-hybridized carbons (Fsp3) is 0.944. The minimum Gasteiger partial charge on any atom is -0.381 e. The van der Waals surface area contributed by atoms with Crippen molar-refractivity contribution < 1.29 is 14.2 Å². The monoisotopic (exact) mass is 469 g/mol. The molecule has 2 saturated heterocycles. The zero-order valence-electron chi connectivity index (χ0n) is 15.9. The minimum atomic E-state index is 0. The van der Waals surface area contributed by atoms with Gasteiger partial charge in [-0.1, -0.05) is 0 Å². The first-order valence-electron chi connectivity index (χ1n) is 9.48. The molecule has 6 nitrogen and oxygen atoms in total. The summed E-state index contributed by atoms with van der Waals surface area (Å²) in [5.74, 6) is 1.77. The molecule has 2 rings (SSSR count). The molecule has 0 bridgehead atoms. The standard InChI is InChI=1S/C18H35N3O3.HI/c1-19-18(21(2)10-6-16-7-13-22-14-8-16)20-9-4-11-23-15-17-5-3-12-24-17;/h16-17H,3-15H2,1-2H3,(H,19,20);1H. The van der Waals surface area contributed by atoms with Gasteiger partial charge in [-0.15, -0.1) is 24.0 Å². The van der Waals surface area contributed by atoms with Crippen LogP contribution >= 0.6 is 24.0 Å². The summed E-state index contributed by atoms with van der Waals surface area (Å²) in [5.41, 5.74) is 0. The summed E-state index contributed by atoms with van der Waals surface area (Å²) in [6, 6.07) is 0. The third kappa shape index (κ3) is 9.40. The summed E-state index contributed by atoms with van der Waals surface area (Å²) in [4.78, 5) is 6.60. The summed E-state index contributed by atoms with van der Waals surface area (Å²) < 4.78 is 16.7. The molecule has 0 saturated carbocycles. The maximum absolute atomic E-state index is 5.69. The molecule has 0 aromatic carbocycles. The Labute approximate surface area is 170 Å². The second kappa shape index (κ2) is 14.0. The summed E-state index contributed by atoms with van der Waals surface area (Å²) in [6.45, 7) is 6.18. The lowest BCUT2D eigenvalue weighted by Gasteiger charge is -2.26. The number of guanidine groups is 1. The highest BCUT2D eigenvalue weighted by Gasteiger charge is 2.16. The second-order valence-electron chi connectivity index (χ2n) is 6.80. The van der Waals surface area contributed by atoms with Gasteiger partial charge in [-0.2, -0.15) is 0 Å². The smallest absolute Gasteiger partial charge is 0.193 e. The minimum absolute atomic E-state index is 0. The van der Waals surface area contributed by atoms with Crippen molar-refractivity contribution in [2.24, 2.45) is 10.9 Å². The molecule has 2 aliphatic rings. The first kappa shape index (κ1) is 22.9. The second-order valence-corrected chi connectivity index (χ2v) is 6.80. The molecular weight excluding hydrogens is 433 g/mol. The third-order valence-electron chi connectivity index (χ3n) is 4.86. The molecular formula is C18H36IN3O3. The van der Waals surface area contributed by atoms with E-state index in [4.69, 9.17) is 14.2 Å². The maximum atomic E-state index is 5.69. The molecule has 2 aliphatic heterocycles. The van der Waals surface area contributed by atoms with E-state index in [1.54, 1.807) is 0 Å². The molecule has 7 heteroatoms. The molecule has 0 amide bonds. The number of hydrogen-bond acceptors (Lipinski definition) is 4. The predicted molar refractivity (Wildman–Crippen MR) is 112 cm³/mol. The van der Waals surface area contributed by atoms with Crippen molar-refractivity contribution in [1.82, 2.24) is 10.2 Å². The van der Waals surface area contributed by atoms with E-state index >= 15 is 0 Å². The zero-order valence-corrected chi connectivity index (χ0v) is 18.2. The van der Waals surface area contributed by atoms with Crippen LogP contribution < -0.4 is 5.32 Å². The van der Waals surface area contributed by atoms with Gasteiger partial charge in [0.1, 0.15) is 0 Å². The van der Waals surface area contributed by atoms with E-state index in [2.05, 4.69) is 22.3 Å². The van der Waals surface area contributed by atoms with Crippen LogP contribution in [-0.2, 0) is 14.2 Å². The molecule has 0 aromatic heterocycles. The third-order valence-corrected chi connectivity index (χ3v) is 4.86. The molecule has 0 aliphatic carbocycles. The van der Waals surface area contributed by atoms with Gasteiger partial charge in [-0.05, 0) is 44.4 Å². The van der Waals surface area contributed by atoms with Crippen LogP contribution in [0.1, 0.15) is 38.5 Å². The largest absolute Gasteiger partial charge is 0.381 e. The zero-order chi connectivity index (χ0) is 17.0. The highest BCUT2D eigenvalue weighted by atomic mass is 127. The SMILES string of the molecule is CN=C(NCCCOCC1CCCO1)N(C)CCC1CCOCC1.I. The van der Waals surface area contributed by atoms with Crippen LogP contribution in [0.15, 0.2) is 4.99 Å². The van der Waals surface area contributed by atoms with Crippen molar-refractivity contribution in [2.75, 3.05) is 60.2 Å². The fourth-order valence-electron chi connectivity index (χ4n) is 3.27. The van der Waals surface area contributed by atoms with E-state index in [1.165, 1.54) is 25.7 Å². The molecule has 148 valence electrons. The Balaban J connectivity index is 0.00000312. The lowest BCUT2D eigenvalue weighted by Crippen LogP contribution is -2.40. The number of aliphatic imine (C=N–C) groups is 1. The number of nitrogens with one attached hydrogen (secondary N) is 1. The number of rotatable bonds is 9. The van der Waals surface area contributed by atoms with E-state index in [1.807, 2.05) is 7.05 Å². The van der Waals surface area contributed by atoms with Crippen molar-refractivity contribution in [1.29, 1.82) is 0 Å². The number of halogens is 1. The van der Waals surface area contributed by atoms with Crippen molar-refractivity contribution in [2.45, 2.75) is 44.6 Å². The lowest BCUT2D eigenvalue weighted by molar-refractivity contribution is 0.0168. The maximum Gasteiger partial charge on any atom is 0.193 e. The molecule has 0 radical (unpaired) electrons. The van der Waals surface area contributed by atoms with Crippen molar-refractivity contribution in [3.8, 4) is 0 Å². The summed E-state index contributed by atoms with van der Waals surface area (Å²) in [5, 5.41) is 3.43. The van der Waals surface area contributed by atoms with Crippen LogP contribution in [0.4, 0.5) is 0 Å². The van der Waals surface area contributed by atoms with Crippen LogP contribution in [0.2, 0.25) is 0 Å². The van der Waals surface area contributed by atoms with Gasteiger partial charge in [0.2, 0.25) is 0 Å². The Bertz CT molecular complexity index is 359.